The Labute approximate surface area is 196 Å². The highest BCUT2D eigenvalue weighted by atomic mass is 35.5. The molecule has 0 bridgehead atoms. The number of hydrogen-bond acceptors (Lipinski definition) is 5. The van der Waals surface area contributed by atoms with Gasteiger partial charge in [-0.2, -0.15) is 0 Å². The van der Waals surface area contributed by atoms with Crippen molar-refractivity contribution in [3.63, 3.8) is 0 Å². The van der Waals surface area contributed by atoms with Crippen LogP contribution >= 0.6 is 23.2 Å². The molecule has 4 rings (SSSR count). The molecule has 2 fully saturated rings. The molecule has 2 aliphatic rings. The normalized spacial score (nSPS) is 22.5. The summed E-state index contributed by atoms with van der Waals surface area (Å²) < 4.78 is 11.2. The number of Topliss-reactive ketones (excluding diaryl/α,β-unsaturated/α-hetero) is 1. The number of amides is 1. The van der Waals surface area contributed by atoms with E-state index < -0.39 is 17.7 Å². The zero-order valence-electron chi connectivity index (χ0n) is 17.5. The zero-order valence-corrected chi connectivity index (χ0v) is 19.0. The summed E-state index contributed by atoms with van der Waals surface area (Å²) in [5.74, 6) is -1.03. The second kappa shape index (κ2) is 9.53. The average molecular weight is 476 g/mol. The first kappa shape index (κ1) is 22.6. The Bertz CT molecular complexity index is 1060. The summed E-state index contributed by atoms with van der Waals surface area (Å²) >= 11 is 12.1. The lowest BCUT2D eigenvalue weighted by Crippen LogP contribution is -2.36. The van der Waals surface area contributed by atoms with E-state index in [-0.39, 0.29) is 29.0 Å². The Kier molecular flexibility index (Phi) is 6.74. The monoisotopic (exact) mass is 475 g/mol. The number of nitrogens with zero attached hydrogens (tertiary/aromatic N) is 1. The highest BCUT2D eigenvalue weighted by Gasteiger charge is 2.47. The molecule has 2 saturated heterocycles. The molecule has 2 unspecified atom stereocenters. The van der Waals surface area contributed by atoms with Gasteiger partial charge in [0.2, 0.25) is 0 Å². The Hall–Kier alpha value is -2.54. The number of benzene rings is 2. The molecule has 8 heteroatoms. The lowest BCUT2D eigenvalue weighted by Gasteiger charge is -2.27. The van der Waals surface area contributed by atoms with Gasteiger partial charge in [0.1, 0.15) is 11.5 Å². The molecular weight excluding hydrogens is 453 g/mol. The number of carbonyl (C=O) groups excluding carboxylic acids is 2. The molecule has 2 heterocycles. The first-order valence-electron chi connectivity index (χ1n) is 10.5. The number of rotatable bonds is 6. The standard InChI is InChI=1S/C24H23Cl2NO5/c1-2-31-16-8-5-14(6-9-16)21-20(22(28)15-7-10-18(25)19(26)12-15)23(29)24(30)27(21)13-17-4-3-11-32-17/h5-10,12,17,21,28H,2-4,11,13H2,1H3/b22-20-. The molecule has 168 valence electrons. The zero-order chi connectivity index (χ0) is 22.8. The van der Waals surface area contributed by atoms with Crippen LogP contribution in [0, 0.1) is 0 Å². The summed E-state index contributed by atoms with van der Waals surface area (Å²) in [6.07, 6.45) is 1.57. The quantitative estimate of drug-likeness (QED) is 0.361. The van der Waals surface area contributed by atoms with Gasteiger partial charge in [-0.3, -0.25) is 9.59 Å². The van der Waals surface area contributed by atoms with Crippen LogP contribution < -0.4 is 4.74 Å². The van der Waals surface area contributed by atoms with Crippen LogP contribution in [-0.2, 0) is 14.3 Å². The van der Waals surface area contributed by atoms with Crippen molar-refractivity contribution < 1.29 is 24.2 Å². The average Bonchev–Trinajstić information content (AvgIpc) is 3.38. The van der Waals surface area contributed by atoms with Crippen LogP contribution in [0.2, 0.25) is 10.0 Å². The van der Waals surface area contributed by atoms with Crippen LogP contribution in [0.25, 0.3) is 5.76 Å². The van der Waals surface area contributed by atoms with Crippen molar-refractivity contribution >= 4 is 40.7 Å². The summed E-state index contributed by atoms with van der Waals surface area (Å²) in [7, 11) is 0. The minimum atomic E-state index is -0.760. The van der Waals surface area contributed by atoms with E-state index in [1.807, 2.05) is 6.92 Å². The fourth-order valence-electron chi connectivity index (χ4n) is 4.13. The molecule has 2 aromatic rings. The van der Waals surface area contributed by atoms with Crippen LogP contribution in [0.5, 0.6) is 5.75 Å². The van der Waals surface area contributed by atoms with Gasteiger partial charge in [0.15, 0.2) is 0 Å². The molecule has 32 heavy (non-hydrogen) atoms. The summed E-state index contributed by atoms with van der Waals surface area (Å²) in [4.78, 5) is 27.6. The summed E-state index contributed by atoms with van der Waals surface area (Å²) in [6.45, 7) is 3.31. The van der Waals surface area contributed by atoms with E-state index in [2.05, 4.69) is 0 Å². The Morgan fingerprint density at radius 3 is 2.53 bits per heavy atom. The van der Waals surface area contributed by atoms with Crippen molar-refractivity contribution in [3.05, 3.63) is 69.2 Å². The molecule has 1 N–H and O–H groups in total. The number of carbonyl (C=O) groups is 2. The van der Waals surface area contributed by atoms with Gasteiger partial charge in [-0.25, -0.2) is 0 Å². The summed E-state index contributed by atoms with van der Waals surface area (Å²) in [5.41, 5.74) is 1.01. The van der Waals surface area contributed by atoms with Crippen molar-refractivity contribution in [2.24, 2.45) is 0 Å². The maximum absolute atomic E-state index is 13.1. The number of ether oxygens (including phenoxy) is 2. The van der Waals surface area contributed by atoms with E-state index in [9.17, 15) is 14.7 Å². The van der Waals surface area contributed by atoms with Crippen LogP contribution in [0.15, 0.2) is 48.0 Å². The molecule has 0 saturated carbocycles. The van der Waals surface area contributed by atoms with E-state index in [1.165, 1.54) is 17.0 Å². The van der Waals surface area contributed by atoms with Crippen LogP contribution in [0.3, 0.4) is 0 Å². The van der Waals surface area contributed by atoms with Gasteiger partial charge in [-0.1, -0.05) is 35.3 Å². The minimum Gasteiger partial charge on any atom is -0.507 e. The molecule has 0 radical (unpaired) electrons. The molecule has 2 aromatic carbocycles. The third-order valence-electron chi connectivity index (χ3n) is 5.66. The predicted molar refractivity (Wildman–Crippen MR) is 122 cm³/mol. The van der Waals surface area contributed by atoms with Gasteiger partial charge >= 0.3 is 0 Å². The Balaban J connectivity index is 1.80. The van der Waals surface area contributed by atoms with Gasteiger partial charge < -0.3 is 19.5 Å². The van der Waals surface area contributed by atoms with E-state index in [0.29, 0.717) is 35.1 Å². The van der Waals surface area contributed by atoms with Crippen molar-refractivity contribution in [2.45, 2.75) is 31.9 Å². The smallest absolute Gasteiger partial charge is 0.295 e. The van der Waals surface area contributed by atoms with Gasteiger partial charge in [0.05, 0.1) is 34.4 Å². The maximum atomic E-state index is 13.1. The highest BCUT2D eigenvalue weighted by Crippen LogP contribution is 2.41. The summed E-state index contributed by atoms with van der Waals surface area (Å²) in [6, 6.07) is 11.0. The third-order valence-corrected chi connectivity index (χ3v) is 6.40. The maximum Gasteiger partial charge on any atom is 0.295 e. The first-order valence-corrected chi connectivity index (χ1v) is 11.2. The molecule has 0 spiro atoms. The summed E-state index contributed by atoms with van der Waals surface area (Å²) in [5, 5.41) is 11.7. The fourth-order valence-corrected chi connectivity index (χ4v) is 4.43. The molecule has 2 atom stereocenters. The number of ketones is 1. The van der Waals surface area contributed by atoms with Gasteiger partial charge in [0, 0.05) is 18.7 Å². The molecule has 1 amide bonds. The van der Waals surface area contributed by atoms with E-state index >= 15 is 0 Å². The molecule has 0 aliphatic carbocycles. The number of hydrogen-bond donors (Lipinski definition) is 1. The van der Waals surface area contributed by atoms with Crippen molar-refractivity contribution in [1.82, 2.24) is 4.90 Å². The fraction of sp³-hybridized carbons (Fsp3) is 0.333. The van der Waals surface area contributed by atoms with Crippen molar-refractivity contribution in [2.75, 3.05) is 19.8 Å². The lowest BCUT2D eigenvalue weighted by atomic mass is 9.95. The Morgan fingerprint density at radius 2 is 1.91 bits per heavy atom. The number of aliphatic hydroxyl groups excluding tert-OH is 1. The highest BCUT2D eigenvalue weighted by molar-refractivity contribution is 6.46. The first-order chi connectivity index (χ1) is 15.4. The number of aliphatic hydroxyl groups is 1. The number of halogens is 2. The Morgan fingerprint density at radius 1 is 1.16 bits per heavy atom. The van der Waals surface area contributed by atoms with E-state index in [0.717, 1.165) is 12.8 Å². The second-order valence-electron chi connectivity index (χ2n) is 7.72. The van der Waals surface area contributed by atoms with E-state index in [1.54, 1.807) is 30.3 Å². The van der Waals surface area contributed by atoms with Crippen molar-refractivity contribution in [3.8, 4) is 5.75 Å². The van der Waals surface area contributed by atoms with Gasteiger partial charge in [-0.05, 0) is 55.7 Å². The predicted octanol–water partition coefficient (Wildman–Crippen LogP) is 4.99. The van der Waals surface area contributed by atoms with Gasteiger partial charge in [-0.15, -0.1) is 0 Å². The topological polar surface area (TPSA) is 76.1 Å². The van der Waals surface area contributed by atoms with Crippen LogP contribution in [0.1, 0.15) is 36.9 Å². The lowest BCUT2D eigenvalue weighted by molar-refractivity contribution is -0.140. The van der Waals surface area contributed by atoms with Crippen LogP contribution in [0.4, 0.5) is 0 Å². The molecule has 6 nitrogen and oxygen atoms in total. The third kappa shape index (κ3) is 4.35. The number of likely N-dealkylation sites (tertiary alicyclic amines) is 1. The molecule has 2 aliphatic heterocycles. The van der Waals surface area contributed by atoms with Gasteiger partial charge in [0.25, 0.3) is 11.7 Å². The van der Waals surface area contributed by atoms with Crippen molar-refractivity contribution in [1.29, 1.82) is 0 Å². The second-order valence-corrected chi connectivity index (χ2v) is 8.53. The molecule has 0 aromatic heterocycles. The largest absolute Gasteiger partial charge is 0.507 e. The van der Waals surface area contributed by atoms with E-state index in [4.69, 9.17) is 32.7 Å². The molecular formula is C24H23Cl2NO5. The SMILES string of the molecule is CCOc1ccc(C2/C(=C(/O)c3ccc(Cl)c(Cl)c3)C(=O)C(=O)N2CC2CCCO2)cc1. The van der Waals surface area contributed by atoms with Crippen LogP contribution in [-0.4, -0.2) is 47.6 Å². The minimum absolute atomic E-state index is 0.00976.